The van der Waals surface area contributed by atoms with Gasteiger partial charge in [-0.15, -0.1) is 0 Å². The fraction of sp³-hybridized carbons (Fsp3) is 0.587. The van der Waals surface area contributed by atoms with E-state index in [1.807, 2.05) is 20.1 Å². The molecule has 0 aliphatic carbocycles. The van der Waals surface area contributed by atoms with Crippen LogP contribution in [-0.4, -0.2) is 198 Å². The number of hydrogen-bond donors (Lipinski definition) is 15. The number of nitrogens with zero attached hydrogens (tertiary/aromatic N) is 3. The Balaban J connectivity index is 1.56. The maximum atomic E-state index is 14.7. The van der Waals surface area contributed by atoms with Crippen LogP contribution in [0.4, 0.5) is 0 Å². The summed E-state index contributed by atoms with van der Waals surface area (Å²) >= 11 is 1.45. The molecule has 4 rings (SSSR count). The van der Waals surface area contributed by atoms with Crippen molar-refractivity contribution in [2.45, 2.75) is 183 Å². The summed E-state index contributed by atoms with van der Waals surface area (Å²) in [7, 11) is 0. The Morgan fingerprint density at radius 3 is 1.51 bits per heavy atom. The molecular weight excluding hydrogens is 1250 g/mol. The van der Waals surface area contributed by atoms with E-state index in [0.29, 0.717) is 55.4 Å². The van der Waals surface area contributed by atoms with Gasteiger partial charge in [0, 0.05) is 45.3 Å². The van der Waals surface area contributed by atoms with Crippen molar-refractivity contribution in [3.05, 3.63) is 71.8 Å². The van der Waals surface area contributed by atoms with Crippen LogP contribution < -0.4 is 82.7 Å². The zero-order chi connectivity index (χ0) is 70.1. The largest absolute Gasteiger partial charge is 0.370 e. The summed E-state index contributed by atoms with van der Waals surface area (Å²) in [4.78, 5) is 185. The molecule has 13 amide bonds. The molecule has 31 nitrogen and oxygen atoms in total. The van der Waals surface area contributed by atoms with Crippen LogP contribution in [0.15, 0.2) is 65.7 Å². The van der Waals surface area contributed by atoms with E-state index < -0.39 is 169 Å². The van der Waals surface area contributed by atoms with E-state index in [4.69, 9.17) is 40.1 Å². The number of carbonyl (C=O) groups is 13. The first kappa shape index (κ1) is 78.5. The number of rotatable bonds is 42. The van der Waals surface area contributed by atoms with Gasteiger partial charge in [0.1, 0.15) is 54.4 Å². The zero-order valence-electron chi connectivity index (χ0n) is 54.5. The Morgan fingerprint density at radius 1 is 0.537 bits per heavy atom. The molecule has 2 saturated heterocycles. The third kappa shape index (κ3) is 27.5. The van der Waals surface area contributed by atoms with Crippen LogP contribution in [0.3, 0.4) is 0 Å². The fourth-order valence-electron chi connectivity index (χ4n) is 11.0. The van der Waals surface area contributed by atoms with E-state index >= 15 is 0 Å². The van der Waals surface area contributed by atoms with Gasteiger partial charge in [-0.3, -0.25) is 67.3 Å². The Hall–Kier alpha value is -8.91. The number of guanidine groups is 1. The highest BCUT2D eigenvalue weighted by Gasteiger charge is 2.42. The molecule has 22 N–H and O–H groups in total. The lowest BCUT2D eigenvalue weighted by atomic mass is 10.0. The molecule has 0 aromatic heterocycles. The van der Waals surface area contributed by atoms with Gasteiger partial charge in [0.2, 0.25) is 76.8 Å². The quantitative estimate of drug-likeness (QED) is 0.0173. The number of unbranched alkanes of at least 4 members (excludes halogenated alkanes) is 1. The summed E-state index contributed by atoms with van der Waals surface area (Å²) in [6, 6.07) is 4.51. The second-order valence-electron chi connectivity index (χ2n) is 24.1. The lowest BCUT2D eigenvalue weighted by Gasteiger charge is -2.32. The Morgan fingerprint density at radius 2 is 1.01 bits per heavy atom. The van der Waals surface area contributed by atoms with Crippen LogP contribution in [-0.2, 0) is 75.2 Å². The molecule has 2 heterocycles. The van der Waals surface area contributed by atoms with Crippen LogP contribution >= 0.6 is 11.8 Å². The number of hydrogen-bond acceptors (Lipinski definition) is 17. The molecule has 0 spiro atoms. The number of benzene rings is 2. The lowest BCUT2D eigenvalue weighted by molar-refractivity contribution is -0.144. The maximum Gasteiger partial charge on any atom is 0.245 e. The topological polar surface area (TPSA) is 519 Å². The first-order chi connectivity index (χ1) is 45.2. The number of thioether (sulfide) groups is 1. The minimum absolute atomic E-state index is 0.0736. The molecule has 524 valence electrons. The summed E-state index contributed by atoms with van der Waals surface area (Å²) in [6.45, 7) is 3.86. The lowest BCUT2D eigenvalue weighted by Crippen LogP contribution is -2.60. The highest BCUT2D eigenvalue weighted by Crippen LogP contribution is 2.24. The molecule has 0 radical (unpaired) electrons. The van der Waals surface area contributed by atoms with Crippen LogP contribution in [0.2, 0.25) is 0 Å². The van der Waals surface area contributed by atoms with Crippen molar-refractivity contribution in [1.82, 2.24) is 52.3 Å². The summed E-state index contributed by atoms with van der Waals surface area (Å²) in [5.41, 5.74) is 40.6. The number of nitrogens with one attached hydrogen (secondary N) is 8. The predicted octanol–water partition coefficient (Wildman–Crippen LogP) is -3.71. The molecule has 2 aliphatic heterocycles. The van der Waals surface area contributed by atoms with E-state index in [-0.39, 0.29) is 83.0 Å². The number of amides is 13. The van der Waals surface area contributed by atoms with E-state index in [1.54, 1.807) is 60.7 Å². The summed E-state index contributed by atoms with van der Waals surface area (Å²) in [5, 5.41) is 21.1. The first-order valence-electron chi connectivity index (χ1n) is 32.2. The van der Waals surface area contributed by atoms with Crippen molar-refractivity contribution >= 4 is 94.5 Å². The average Bonchev–Trinajstić information content (AvgIpc) is 1.74. The third-order valence-corrected chi connectivity index (χ3v) is 16.7. The molecule has 0 unspecified atom stereocenters. The van der Waals surface area contributed by atoms with Gasteiger partial charge in [0.15, 0.2) is 5.96 Å². The molecule has 2 aromatic carbocycles. The van der Waals surface area contributed by atoms with E-state index in [9.17, 15) is 62.3 Å². The van der Waals surface area contributed by atoms with Crippen molar-refractivity contribution in [3.63, 3.8) is 0 Å². The van der Waals surface area contributed by atoms with Crippen molar-refractivity contribution in [2.75, 3.05) is 44.7 Å². The van der Waals surface area contributed by atoms with Gasteiger partial charge in [-0.2, -0.15) is 11.8 Å². The fourth-order valence-corrected chi connectivity index (χ4v) is 11.5. The molecule has 0 bridgehead atoms. The van der Waals surface area contributed by atoms with Crippen LogP contribution in [0.25, 0.3) is 0 Å². The molecule has 2 aromatic rings. The summed E-state index contributed by atoms with van der Waals surface area (Å²) < 4.78 is 0. The molecule has 10 atom stereocenters. The minimum Gasteiger partial charge on any atom is -0.370 e. The van der Waals surface area contributed by atoms with Crippen molar-refractivity contribution in [2.24, 2.45) is 51.0 Å². The van der Waals surface area contributed by atoms with Gasteiger partial charge < -0.3 is 92.5 Å². The molecule has 2 fully saturated rings. The molecular formula is C63H98N18O13S. The van der Waals surface area contributed by atoms with Gasteiger partial charge in [-0.25, -0.2) is 0 Å². The van der Waals surface area contributed by atoms with Crippen LogP contribution in [0, 0.1) is 5.92 Å². The van der Waals surface area contributed by atoms with E-state index in [1.165, 1.54) is 21.6 Å². The monoisotopic (exact) mass is 1350 g/mol. The van der Waals surface area contributed by atoms with Crippen molar-refractivity contribution in [1.29, 1.82) is 0 Å². The number of primary amides is 3. The average molecular weight is 1350 g/mol. The SMILES string of the molecule is CSCC[C@H](NC(=O)[C@@H](CC(C)C)NC(=O)CNC(=O)[C@H](Cc1ccccc1)NC(=O)[C@H](Cc1ccccc1)NC(=O)[C@H](CCC(N)=O)NC(=O)[C@H](CCC(N)=O)NC(=O)[C@@H]1CCCN1C(=O)[C@H](CCCCN)NC(=O)[C@@H]1CCCN1C(=O)[C@H](N)CCCN=C(N)N)C(N)=O. The van der Waals surface area contributed by atoms with Gasteiger partial charge in [0.05, 0.1) is 12.6 Å². The van der Waals surface area contributed by atoms with E-state index in [2.05, 4.69) is 47.5 Å². The number of likely N-dealkylation sites (tertiary alicyclic amines) is 2. The highest BCUT2D eigenvalue weighted by molar-refractivity contribution is 7.98. The van der Waals surface area contributed by atoms with Gasteiger partial charge in [-0.05, 0) is 119 Å². The Kier molecular flexibility index (Phi) is 33.9. The van der Waals surface area contributed by atoms with Crippen molar-refractivity contribution < 1.29 is 62.3 Å². The summed E-state index contributed by atoms with van der Waals surface area (Å²) in [5.74, 6) is -9.80. The van der Waals surface area contributed by atoms with Gasteiger partial charge in [0.25, 0.3) is 0 Å². The molecule has 2 aliphatic rings. The predicted molar refractivity (Wildman–Crippen MR) is 356 cm³/mol. The maximum absolute atomic E-state index is 14.7. The summed E-state index contributed by atoms with van der Waals surface area (Å²) in [6.07, 6.45) is 3.12. The second kappa shape index (κ2) is 41.0. The zero-order valence-corrected chi connectivity index (χ0v) is 55.3. The molecule has 0 saturated carbocycles. The molecule has 32 heteroatoms. The number of aliphatic imine (C=N–C) groups is 1. The number of carbonyl (C=O) groups excluding carboxylic acids is 13. The van der Waals surface area contributed by atoms with Gasteiger partial charge in [-0.1, -0.05) is 74.5 Å². The van der Waals surface area contributed by atoms with Gasteiger partial charge >= 0.3 is 0 Å². The Labute approximate surface area is 558 Å². The molecule has 95 heavy (non-hydrogen) atoms. The minimum atomic E-state index is -1.64. The number of nitrogens with two attached hydrogens (primary N) is 7. The van der Waals surface area contributed by atoms with E-state index in [0.717, 1.165) is 0 Å². The third-order valence-electron chi connectivity index (χ3n) is 16.0. The van der Waals surface area contributed by atoms with Crippen molar-refractivity contribution in [3.8, 4) is 0 Å². The van der Waals surface area contributed by atoms with Crippen LogP contribution in [0.1, 0.15) is 121 Å². The normalized spacial score (nSPS) is 16.8. The smallest absolute Gasteiger partial charge is 0.245 e. The standard InChI is InChI=1S/C63H98N18O13S/c1-37(2)33-45(57(89)74-41(53(68)85)27-32-95-3)73-52(84)36-72-54(86)46(34-38-15-6-4-7-16-38)78-58(90)47(35-39-17-8-5-9-18-39)79-56(88)42(23-25-50(66)82)75-55(87)43(24-26-51(67)83)76-59(91)49-22-14-31-81(49)62(94)44(20-10-11-28-64)77-60(92)48-21-13-30-80(48)61(93)40(65)19-12-29-71-63(69)70/h4-9,15-18,37,40-49H,10-14,19-36,64-65H2,1-3H3,(H2,66,82)(H2,67,83)(H2,68,85)(H,72,86)(H,73,84)(H,74,89)(H,75,87)(H,76,91)(H,77,92)(H,78,90)(H,79,88)(H4,69,70,71)/t40-,41+,42+,43+,44+,45-,46+,47+,48+,49+/m1/s1. The second-order valence-corrected chi connectivity index (χ2v) is 25.1. The van der Waals surface area contributed by atoms with Crippen LogP contribution in [0.5, 0.6) is 0 Å². The first-order valence-corrected chi connectivity index (χ1v) is 33.6. The Bertz CT molecular complexity index is 2960. The highest BCUT2D eigenvalue weighted by atomic mass is 32.2.